The Morgan fingerprint density at radius 3 is 1.10 bits per heavy atom. The molecule has 2 aromatic rings. The van der Waals surface area contributed by atoms with Crippen LogP contribution in [0.3, 0.4) is 0 Å². The molecule has 166 valence electrons. The minimum atomic E-state index is -5.84. The van der Waals surface area contributed by atoms with Crippen molar-refractivity contribution in [2.75, 3.05) is 0 Å². The van der Waals surface area contributed by atoms with E-state index in [0.717, 1.165) is 0 Å². The molecule has 0 radical (unpaired) electrons. The average Bonchev–Trinajstić information content (AvgIpc) is 2.53. The van der Waals surface area contributed by atoms with E-state index < -0.39 is 34.1 Å². The zero-order chi connectivity index (χ0) is 22.7. The number of alkyl halides is 5. The van der Waals surface area contributed by atoms with Crippen molar-refractivity contribution in [3.63, 3.8) is 0 Å². The molecule has 0 heterocycles. The third-order valence-corrected chi connectivity index (χ3v) is 19.6. The fourth-order valence-corrected chi connectivity index (χ4v) is 19.5. The molecule has 0 saturated heterocycles. The predicted octanol–water partition coefficient (Wildman–Crippen LogP) is 2.88. The van der Waals surface area contributed by atoms with E-state index in [4.69, 9.17) is 13.0 Å². The summed E-state index contributed by atoms with van der Waals surface area (Å²) in [6, 6.07) is 22.5. The average molecular weight is 545 g/mol. The van der Waals surface area contributed by atoms with Gasteiger partial charge in [0.15, 0.2) is 0 Å². The van der Waals surface area contributed by atoms with Gasteiger partial charge in [-0.1, -0.05) is 0 Å². The van der Waals surface area contributed by atoms with Gasteiger partial charge in [-0.05, 0) is 0 Å². The van der Waals surface area contributed by atoms with E-state index in [2.05, 4.69) is 102 Å². The molecule has 1 N–H and O–H groups in total. The van der Waals surface area contributed by atoms with Gasteiger partial charge in [0.05, 0.1) is 0 Å². The van der Waals surface area contributed by atoms with Crippen molar-refractivity contribution in [3.05, 3.63) is 67.8 Å². The maximum absolute atomic E-state index is 10.7. The third-order valence-electron chi connectivity index (χ3n) is 4.11. The van der Waals surface area contributed by atoms with E-state index in [1.807, 2.05) is 0 Å². The Kier molecular flexibility index (Phi) is 7.98. The van der Waals surface area contributed by atoms with Crippen LogP contribution >= 0.6 is 0 Å². The van der Waals surface area contributed by atoms with Gasteiger partial charge in [0.25, 0.3) is 0 Å². The number of hydrogen-bond donors (Lipinski definition) is 1. The van der Waals surface area contributed by atoms with Gasteiger partial charge in [-0.25, -0.2) is 0 Å². The zero-order valence-corrected chi connectivity index (χ0v) is 20.4. The fourth-order valence-electron chi connectivity index (χ4n) is 3.49. The molecule has 0 spiro atoms. The van der Waals surface area contributed by atoms with Crippen LogP contribution in [0.4, 0.5) is 13.2 Å². The standard InChI is InChI=1S/C20H28I.CHF3O3S/c1-19(2,3)21(20(4,5)6,17-13-9-7-10-14-17)18-15-11-8-12-16-18;2-1(3,4)8(5,6)7/h7-16H,1-6H3;(H,5,6,7)/q-1;. The first kappa shape index (κ1) is 25.9. The van der Waals surface area contributed by atoms with Gasteiger partial charge in [0.1, 0.15) is 0 Å². The van der Waals surface area contributed by atoms with Gasteiger partial charge in [-0.15, -0.1) is 0 Å². The van der Waals surface area contributed by atoms with Crippen molar-refractivity contribution in [1.29, 1.82) is 0 Å². The maximum Gasteiger partial charge on any atom is 0.522 e. The Hall–Kier alpha value is -1.13. The fraction of sp³-hybridized carbons (Fsp3) is 0.429. The molecule has 0 aliphatic heterocycles. The molecule has 0 unspecified atom stereocenters. The second kappa shape index (κ2) is 8.93. The second-order valence-electron chi connectivity index (χ2n) is 8.21. The summed E-state index contributed by atoms with van der Waals surface area (Å²) in [5.74, 6) is 0. The van der Waals surface area contributed by atoms with Crippen LogP contribution in [-0.2, 0) is 10.1 Å². The summed E-state index contributed by atoms with van der Waals surface area (Å²) in [4.78, 5) is 0. The first-order valence-electron chi connectivity index (χ1n) is 8.86. The van der Waals surface area contributed by atoms with E-state index in [9.17, 15) is 13.2 Å². The maximum atomic E-state index is 10.7. The van der Waals surface area contributed by atoms with Crippen LogP contribution in [0, 0.1) is 7.14 Å². The molecule has 3 nitrogen and oxygen atoms in total. The van der Waals surface area contributed by atoms with Crippen LogP contribution in [-0.4, -0.2) is 25.3 Å². The van der Waals surface area contributed by atoms with Crippen molar-refractivity contribution in [2.24, 2.45) is 0 Å². The Morgan fingerprint density at radius 1 is 0.690 bits per heavy atom. The van der Waals surface area contributed by atoms with Crippen LogP contribution in [0.2, 0.25) is 0 Å². The summed E-state index contributed by atoms with van der Waals surface area (Å²) < 4.78 is 61.3. The summed E-state index contributed by atoms with van der Waals surface area (Å²) in [6.45, 7) is 14.6. The van der Waals surface area contributed by atoms with Gasteiger partial charge in [0, 0.05) is 0 Å². The van der Waals surface area contributed by atoms with Crippen LogP contribution in [0.15, 0.2) is 60.7 Å². The summed E-state index contributed by atoms with van der Waals surface area (Å²) in [5.41, 5.74) is -5.53. The van der Waals surface area contributed by atoms with Gasteiger partial charge >= 0.3 is 150 Å². The zero-order valence-electron chi connectivity index (χ0n) is 17.5. The Morgan fingerprint density at radius 2 is 0.931 bits per heavy atom. The third kappa shape index (κ3) is 5.73. The smallest absolute Gasteiger partial charge is 0.279 e. The Balaban J connectivity index is 0.000000447. The van der Waals surface area contributed by atoms with Crippen LogP contribution < -0.4 is 18.4 Å². The largest absolute Gasteiger partial charge is 0.522 e. The van der Waals surface area contributed by atoms with Gasteiger partial charge in [0.2, 0.25) is 0 Å². The van der Waals surface area contributed by atoms with Crippen molar-refractivity contribution >= 4 is 10.1 Å². The van der Waals surface area contributed by atoms with Gasteiger partial charge in [-0.3, -0.25) is 4.55 Å². The molecule has 29 heavy (non-hydrogen) atoms. The van der Waals surface area contributed by atoms with Crippen molar-refractivity contribution in [3.8, 4) is 0 Å². The van der Waals surface area contributed by atoms with Crippen LogP contribution in [0.1, 0.15) is 41.5 Å². The minimum absolute atomic E-state index is 0.285. The molecule has 0 aliphatic carbocycles. The molecule has 8 heteroatoms. The van der Waals surface area contributed by atoms with E-state index in [-0.39, 0.29) is 6.84 Å². The second-order valence-corrected chi connectivity index (χ2v) is 21.8. The molecule has 0 aliphatic rings. The molecule has 0 saturated carbocycles. The molecule has 2 rings (SSSR count). The molecular weight excluding hydrogens is 516 g/mol. The molecule has 2 aromatic carbocycles. The van der Waals surface area contributed by atoms with Crippen molar-refractivity contribution in [2.45, 2.75) is 53.9 Å². The predicted molar refractivity (Wildman–Crippen MR) is 107 cm³/mol. The topological polar surface area (TPSA) is 54.4 Å². The van der Waals surface area contributed by atoms with E-state index in [1.165, 1.54) is 0 Å². The van der Waals surface area contributed by atoms with E-state index >= 15 is 0 Å². The molecular formula is C21H29F3IO3S-. The molecule has 0 aromatic heterocycles. The van der Waals surface area contributed by atoms with Crippen molar-refractivity contribution in [1.82, 2.24) is 0 Å². The molecule has 0 amide bonds. The molecule has 0 bridgehead atoms. The quantitative estimate of drug-likeness (QED) is 0.274. The van der Waals surface area contributed by atoms with Gasteiger partial charge in [-0.2, -0.15) is 21.6 Å². The van der Waals surface area contributed by atoms with Crippen LogP contribution in [0.25, 0.3) is 0 Å². The SMILES string of the molecule is CC(C)(C)[I-](c1ccccc1)(c1ccccc1)C(C)(C)C.O=S(=O)(O)C(F)(F)F. The summed E-state index contributed by atoms with van der Waals surface area (Å²) in [5, 5.41) is 0. The van der Waals surface area contributed by atoms with E-state index in [0.29, 0.717) is 0 Å². The first-order valence-corrected chi connectivity index (χ1v) is 14.6. The van der Waals surface area contributed by atoms with Gasteiger partial charge < -0.3 is 0 Å². The number of hydrogen-bond acceptors (Lipinski definition) is 2. The number of benzene rings is 2. The monoisotopic (exact) mass is 545 g/mol. The number of halogens is 4. The number of rotatable bonds is 2. The van der Waals surface area contributed by atoms with Crippen LogP contribution in [0.5, 0.6) is 0 Å². The molecule has 0 fully saturated rings. The van der Waals surface area contributed by atoms with E-state index in [1.54, 1.807) is 7.14 Å². The first-order chi connectivity index (χ1) is 13.0. The Bertz CT molecular complexity index is 827. The normalized spacial score (nSPS) is 14.0. The Labute approximate surface area is 176 Å². The summed E-state index contributed by atoms with van der Waals surface area (Å²) in [6.07, 6.45) is 0. The minimum Gasteiger partial charge on any atom is -0.279 e. The van der Waals surface area contributed by atoms with Crippen molar-refractivity contribution < 1.29 is 44.6 Å². The molecule has 0 atom stereocenters. The summed E-state index contributed by atoms with van der Waals surface area (Å²) >= 11 is -2.52. The summed E-state index contributed by atoms with van der Waals surface area (Å²) in [7, 11) is -5.84.